The van der Waals surface area contributed by atoms with Crippen molar-refractivity contribution in [1.82, 2.24) is 0 Å². The molecular weight excluding hydrogens is 215 g/mol. The van der Waals surface area contributed by atoms with Gasteiger partial charge < -0.3 is 5.32 Å². The molecule has 0 fully saturated rings. The molecule has 0 heterocycles. The Bertz CT molecular complexity index is 568. The molecule has 2 nitrogen and oxygen atoms in total. The molecule has 0 atom stereocenters. The number of hydrogen-bond acceptors (Lipinski definition) is 2. The zero-order valence-electron chi connectivity index (χ0n) is 9.37. The van der Waals surface area contributed by atoms with Crippen molar-refractivity contribution >= 4 is 11.4 Å². The lowest BCUT2D eigenvalue weighted by Crippen LogP contribution is -1.96. The van der Waals surface area contributed by atoms with Gasteiger partial charge in [0, 0.05) is 5.69 Å². The first-order valence-electron chi connectivity index (χ1n) is 5.23. The van der Waals surface area contributed by atoms with Gasteiger partial charge in [-0.1, -0.05) is 12.1 Å². The van der Waals surface area contributed by atoms with Crippen molar-refractivity contribution in [3.05, 3.63) is 59.4 Å². The van der Waals surface area contributed by atoms with Crippen LogP contribution in [0.1, 0.15) is 11.1 Å². The van der Waals surface area contributed by atoms with Crippen LogP contribution >= 0.6 is 0 Å². The summed E-state index contributed by atoms with van der Waals surface area (Å²) in [5.74, 6) is -0.277. The van der Waals surface area contributed by atoms with Gasteiger partial charge in [-0.2, -0.15) is 5.26 Å². The van der Waals surface area contributed by atoms with E-state index in [9.17, 15) is 4.39 Å². The van der Waals surface area contributed by atoms with Gasteiger partial charge in [-0.25, -0.2) is 4.39 Å². The molecule has 2 rings (SSSR count). The van der Waals surface area contributed by atoms with Crippen LogP contribution in [0, 0.1) is 24.1 Å². The second kappa shape index (κ2) is 4.67. The number of para-hydroxylation sites is 1. The molecular formula is C14H11FN2. The summed E-state index contributed by atoms with van der Waals surface area (Å²) in [6.45, 7) is 1.92. The maximum Gasteiger partial charge on any atom is 0.123 e. The summed E-state index contributed by atoms with van der Waals surface area (Å²) < 4.78 is 12.8. The summed E-state index contributed by atoms with van der Waals surface area (Å²) in [7, 11) is 0. The number of nitrogens with zero attached hydrogens (tertiary/aromatic N) is 1. The quantitative estimate of drug-likeness (QED) is 0.846. The van der Waals surface area contributed by atoms with Crippen LogP contribution < -0.4 is 5.32 Å². The first-order valence-corrected chi connectivity index (χ1v) is 5.23. The Kier molecular flexibility index (Phi) is 3.06. The maximum atomic E-state index is 12.8. The summed E-state index contributed by atoms with van der Waals surface area (Å²) in [5.41, 5.74) is 3.08. The molecule has 0 bridgehead atoms. The summed E-state index contributed by atoms with van der Waals surface area (Å²) in [6, 6.07) is 13.7. The van der Waals surface area contributed by atoms with E-state index in [2.05, 4.69) is 11.4 Å². The second-order valence-electron chi connectivity index (χ2n) is 3.74. The topological polar surface area (TPSA) is 35.8 Å². The van der Waals surface area contributed by atoms with Crippen molar-refractivity contribution in [2.24, 2.45) is 0 Å². The number of halogens is 1. The van der Waals surface area contributed by atoms with Crippen molar-refractivity contribution < 1.29 is 4.39 Å². The minimum absolute atomic E-state index is 0.277. The number of anilines is 2. The monoisotopic (exact) mass is 226 g/mol. The zero-order valence-corrected chi connectivity index (χ0v) is 9.37. The van der Waals surface area contributed by atoms with Crippen LogP contribution in [0.25, 0.3) is 0 Å². The SMILES string of the molecule is Cc1cccc(C#N)c1Nc1ccc(F)cc1. The second-order valence-corrected chi connectivity index (χ2v) is 3.74. The third-order valence-electron chi connectivity index (χ3n) is 2.51. The van der Waals surface area contributed by atoms with Crippen LogP contribution in [-0.2, 0) is 0 Å². The molecule has 0 saturated heterocycles. The van der Waals surface area contributed by atoms with E-state index in [1.165, 1.54) is 12.1 Å². The van der Waals surface area contributed by atoms with Crippen molar-refractivity contribution in [3.63, 3.8) is 0 Å². The molecule has 2 aromatic carbocycles. The lowest BCUT2D eigenvalue weighted by molar-refractivity contribution is 0.628. The number of rotatable bonds is 2. The predicted octanol–water partition coefficient (Wildman–Crippen LogP) is 3.75. The summed E-state index contributed by atoms with van der Waals surface area (Å²) >= 11 is 0. The first-order chi connectivity index (χ1) is 8.20. The summed E-state index contributed by atoms with van der Waals surface area (Å²) in [5, 5.41) is 12.1. The molecule has 0 amide bonds. The molecule has 1 N–H and O–H groups in total. The fraction of sp³-hybridized carbons (Fsp3) is 0.0714. The largest absolute Gasteiger partial charge is 0.354 e. The Hall–Kier alpha value is -2.34. The van der Waals surface area contributed by atoms with E-state index in [4.69, 9.17) is 5.26 Å². The van der Waals surface area contributed by atoms with E-state index in [1.54, 1.807) is 18.2 Å². The molecule has 0 aliphatic rings. The molecule has 0 aromatic heterocycles. The Morgan fingerprint density at radius 3 is 2.47 bits per heavy atom. The fourth-order valence-electron chi connectivity index (χ4n) is 1.60. The predicted molar refractivity (Wildman–Crippen MR) is 65.6 cm³/mol. The van der Waals surface area contributed by atoms with Crippen molar-refractivity contribution in [1.29, 1.82) is 5.26 Å². The van der Waals surface area contributed by atoms with Crippen molar-refractivity contribution in [3.8, 4) is 6.07 Å². The molecule has 0 aliphatic heterocycles. The van der Waals surface area contributed by atoms with Gasteiger partial charge in [0.05, 0.1) is 11.3 Å². The normalized spacial score (nSPS) is 9.71. The van der Waals surface area contributed by atoms with Gasteiger partial charge in [0.2, 0.25) is 0 Å². The summed E-state index contributed by atoms with van der Waals surface area (Å²) in [4.78, 5) is 0. The van der Waals surface area contributed by atoms with E-state index in [0.29, 0.717) is 5.56 Å². The standard InChI is InChI=1S/C14H11FN2/c1-10-3-2-4-11(9-16)14(10)17-13-7-5-12(15)6-8-13/h2-8,17H,1H3. The Balaban J connectivity index is 2.36. The third kappa shape index (κ3) is 2.43. The number of benzene rings is 2. The molecule has 3 heteroatoms. The fourth-order valence-corrected chi connectivity index (χ4v) is 1.60. The van der Waals surface area contributed by atoms with Gasteiger partial charge >= 0.3 is 0 Å². The van der Waals surface area contributed by atoms with Gasteiger partial charge in [-0.15, -0.1) is 0 Å². The molecule has 0 unspecified atom stereocenters. The van der Waals surface area contributed by atoms with Crippen LogP contribution in [0.3, 0.4) is 0 Å². The van der Waals surface area contributed by atoms with E-state index in [-0.39, 0.29) is 5.82 Å². The van der Waals surface area contributed by atoms with Crippen LogP contribution in [-0.4, -0.2) is 0 Å². The Labute approximate surface area is 99.3 Å². The van der Waals surface area contributed by atoms with Gasteiger partial charge in [0.1, 0.15) is 11.9 Å². The lowest BCUT2D eigenvalue weighted by atomic mass is 10.1. The molecule has 0 radical (unpaired) electrons. The van der Waals surface area contributed by atoms with Crippen molar-refractivity contribution in [2.75, 3.05) is 5.32 Å². The first kappa shape index (κ1) is 11.2. The summed E-state index contributed by atoms with van der Waals surface area (Å²) in [6.07, 6.45) is 0. The maximum absolute atomic E-state index is 12.8. The van der Waals surface area contributed by atoms with E-state index >= 15 is 0 Å². The van der Waals surface area contributed by atoms with Gasteiger partial charge in [0.25, 0.3) is 0 Å². The van der Waals surface area contributed by atoms with Crippen LogP contribution in [0.4, 0.5) is 15.8 Å². The highest BCUT2D eigenvalue weighted by Gasteiger charge is 2.05. The van der Waals surface area contributed by atoms with E-state index in [1.807, 2.05) is 19.1 Å². The van der Waals surface area contributed by atoms with Crippen LogP contribution in [0.15, 0.2) is 42.5 Å². The van der Waals surface area contributed by atoms with Crippen molar-refractivity contribution in [2.45, 2.75) is 6.92 Å². The molecule has 0 saturated carbocycles. The molecule has 84 valence electrons. The molecule has 0 spiro atoms. The van der Waals surface area contributed by atoms with Gasteiger partial charge in [-0.05, 0) is 42.8 Å². The number of nitrogens with one attached hydrogen (secondary N) is 1. The molecule has 0 aliphatic carbocycles. The van der Waals surface area contributed by atoms with Gasteiger partial charge in [-0.3, -0.25) is 0 Å². The van der Waals surface area contributed by atoms with Crippen LogP contribution in [0.2, 0.25) is 0 Å². The minimum atomic E-state index is -0.277. The van der Waals surface area contributed by atoms with Crippen LogP contribution in [0.5, 0.6) is 0 Å². The zero-order chi connectivity index (χ0) is 12.3. The van der Waals surface area contributed by atoms with Gasteiger partial charge in [0.15, 0.2) is 0 Å². The van der Waals surface area contributed by atoms with E-state index < -0.39 is 0 Å². The lowest BCUT2D eigenvalue weighted by Gasteiger charge is -2.11. The number of nitriles is 1. The highest BCUT2D eigenvalue weighted by Crippen LogP contribution is 2.24. The number of aryl methyl sites for hydroxylation is 1. The molecule has 2 aromatic rings. The average Bonchev–Trinajstić information content (AvgIpc) is 2.34. The Morgan fingerprint density at radius 2 is 1.82 bits per heavy atom. The number of hydrogen-bond donors (Lipinski definition) is 1. The van der Waals surface area contributed by atoms with E-state index in [0.717, 1.165) is 16.9 Å². The highest BCUT2D eigenvalue weighted by molar-refractivity contribution is 5.69. The smallest absolute Gasteiger partial charge is 0.123 e. The highest BCUT2D eigenvalue weighted by atomic mass is 19.1. The average molecular weight is 226 g/mol. The Morgan fingerprint density at radius 1 is 1.12 bits per heavy atom. The molecule has 17 heavy (non-hydrogen) atoms. The minimum Gasteiger partial charge on any atom is -0.354 e. The third-order valence-corrected chi connectivity index (χ3v) is 2.51.